The third kappa shape index (κ3) is 4.02. The summed E-state index contributed by atoms with van der Waals surface area (Å²) in [6.45, 7) is 2.14. The minimum atomic E-state index is 1.07. The first-order valence-electron chi connectivity index (χ1n) is 6.80. The molecule has 0 saturated heterocycles. The van der Waals surface area contributed by atoms with Crippen molar-refractivity contribution in [2.75, 3.05) is 37.0 Å². The SMILES string of the molecule is CN(CCCN(C)c1ccccc1)c1ccccc1. The summed E-state index contributed by atoms with van der Waals surface area (Å²) in [5.74, 6) is 0. The molecule has 0 radical (unpaired) electrons. The van der Waals surface area contributed by atoms with Crippen molar-refractivity contribution in [3.8, 4) is 0 Å². The second-order valence-electron chi connectivity index (χ2n) is 4.87. The van der Waals surface area contributed by atoms with Crippen molar-refractivity contribution in [2.45, 2.75) is 6.42 Å². The Balaban J connectivity index is 1.78. The molecule has 0 amide bonds. The Morgan fingerprint density at radius 2 is 1.00 bits per heavy atom. The number of hydrogen-bond acceptors (Lipinski definition) is 2. The molecule has 0 aromatic heterocycles. The van der Waals surface area contributed by atoms with Crippen molar-refractivity contribution >= 4 is 11.4 Å². The number of benzene rings is 2. The van der Waals surface area contributed by atoms with Crippen molar-refractivity contribution in [2.24, 2.45) is 0 Å². The Labute approximate surface area is 116 Å². The molecule has 2 aromatic carbocycles. The number of rotatable bonds is 6. The van der Waals surface area contributed by atoms with Gasteiger partial charge >= 0.3 is 0 Å². The monoisotopic (exact) mass is 254 g/mol. The van der Waals surface area contributed by atoms with Gasteiger partial charge in [0.15, 0.2) is 0 Å². The predicted octanol–water partition coefficient (Wildman–Crippen LogP) is 3.65. The average Bonchev–Trinajstić information content (AvgIpc) is 2.49. The van der Waals surface area contributed by atoms with Crippen LogP contribution in [0.4, 0.5) is 11.4 Å². The lowest BCUT2D eigenvalue weighted by molar-refractivity contribution is 0.763. The Bertz CT molecular complexity index is 422. The van der Waals surface area contributed by atoms with E-state index in [0.29, 0.717) is 0 Å². The highest BCUT2D eigenvalue weighted by molar-refractivity contribution is 5.46. The molecular formula is C17H22N2. The zero-order valence-electron chi connectivity index (χ0n) is 11.8. The minimum Gasteiger partial charge on any atom is -0.375 e. The van der Waals surface area contributed by atoms with Crippen LogP contribution in [-0.4, -0.2) is 27.2 Å². The first-order valence-corrected chi connectivity index (χ1v) is 6.80. The maximum Gasteiger partial charge on any atom is 0.0363 e. The van der Waals surface area contributed by atoms with Crippen molar-refractivity contribution in [3.63, 3.8) is 0 Å². The lowest BCUT2D eigenvalue weighted by Gasteiger charge is -2.23. The van der Waals surface area contributed by atoms with Crippen LogP contribution >= 0.6 is 0 Å². The Morgan fingerprint density at radius 1 is 0.632 bits per heavy atom. The van der Waals surface area contributed by atoms with Crippen LogP contribution in [0, 0.1) is 0 Å². The van der Waals surface area contributed by atoms with E-state index in [1.54, 1.807) is 0 Å². The molecule has 0 N–H and O–H groups in total. The van der Waals surface area contributed by atoms with Crippen LogP contribution in [0.5, 0.6) is 0 Å². The van der Waals surface area contributed by atoms with Crippen molar-refractivity contribution in [1.82, 2.24) is 0 Å². The van der Waals surface area contributed by atoms with Crippen LogP contribution in [0.2, 0.25) is 0 Å². The molecule has 2 nitrogen and oxygen atoms in total. The summed E-state index contributed by atoms with van der Waals surface area (Å²) in [5.41, 5.74) is 2.56. The molecule has 2 aromatic rings. The van der Waals surface area contributed by atoms with Crippen LogP contribution in [0.1, 0.15) is 6.42 Å². The van der Waals surface area contributed by atoms with Gasteiger partial charge in [0, 0.05) is 38.6 Å². The third-order valence-corrected chi connectivity index (χ3v) is 3.38. The molecular weight excluding hydrogens is 232 g/mol. The van der Waals surface area contributed by atoms with Crippen LogP contribution in [-0.2, 0) is 0 Å². The molecule has 0 fully saturated rings. The zero-order valence-corrected chi connectivity index (χ0v) is 11.8. The highest BCUT2D eigenvalue weighted by atomic mass is 15.1. The summed E-state index contributed by atoms with van der Waals surface area (Å²) in [4.78, 5) is 4.61. The second-order valence-corrected chi connectivity index (χ2v) is 4.87. The topological polar surface area (TPSA) is 6.48 Å². The van der Waals surface area contributed by atoms with Gasteiger partial charge in [-0.1, -0.05) is 36.4 Å². The van der Waals surface area contributed by atoms with Gasteiger partial charge in [-0.25, -0.2) is 0 Å². The van der Waals surface area contributed by atoms with Crippen LogP contribution in [0.3, 0.4) is 0 Å². The van der Waals surface area contributed by atoms with Crippen LogP contribution in [0.25, 0.3) is 0 Å². The van der Waals surface area contributed by atoms with Crippen molar-refractivity contribution < 1.29 is 0 Å². The smallest absolute Gasteiger partial charge is 0.0363 e. The van der Waals surface area contributed by atoms with Gasteiger partial charge in [-0.15, -0.1) is 0 Å². The molecule has 0 unspecified atom stereocenters. The van der Waals surface area contributed by atoms with E-state index in [9.17, 15) is 0 Å². The summed E-state index contributed by atoms with van der Waals surface area (Å²) in [7, 11) is 4.30. The Kier molecular flexibility index (Phi) is 4.85. The fourth-order valence-corrected chi connectivity index (χ4v) is 2.17. The number of anilines is 2. The van der Waals surface area contributed by atoms with Gasteiger partial charge in [-0.05, 0) is 30.7 Å². The van der Waals surface area contributed by atoms with E-state index in [0.717, 1.165) is 19.5 Å². The first-order chi connectivity index (χ1) is 9.27. The molecule has 2 rings (SSSR count). The highest BCUT2D eigenvalue weighted by Crippen LogP contribution is 2.13. The fraction of sp³-hybridized carbons (Fsp3) is 0.294. The Morgan fingerprint density at radius 3 is 1.37 bits per heavy atom. The van der Waals surface area contributed by atoms with Gasteiger partial charge in [0.05, 0.1) is 0 Å². The van der Waals surface area contributed by atoms with E-state index in [4.69, 9.17) is 0 Å². The number of hydrogen-bond donors (Lipinski definition) is 0. The van der Waals surface area contributed by atoms with Crippen molar-refractivity contribution in [1.29, 1.82) is 0 Å². The lowest BCUT2D eigenvalue weighted by Crippen LogP contribution is -2.25. The summed E-state index contributed by atoms with van der Waals surface area (Å²) in [6, 6.07) is 21.1. The van der Waals surface area contributed by atoms with Gasteiger partial charge in [0.1, 0.15) is 0 Å². The van der Waals surface area contributed by atoms with Gasteiger partial charge in [0.25, 0.3) is 0 Å². The van der Waals surface area contributed by atoms with E-state index in [1.165, 1.54) is 11.4 Å². The van der Waals surface area contributed by atoms with E-state index >= 15 is 0 Å². The van der Waals surface area contributed by atoms with E-state index in [1.807, 2.05) is 0 Å². The first kappa shape index (κ1) is 13.5. The molecule has 19 heavy (non-hydrogen) atoms. The van der Waals surface area contributed by atoms with Crippen molar-refractivity contribution in [3.05, 3.63) is 60.7 Å². The quantitative estimate of drug-likeness (QED) is 0.776. The highest BCUT2D eigenvalue weighted by Gasteiger charge is 2.02. The summed E-state index contributed by atoms with van der Waals surface area (Å²) in [5, 5.41) is 0. The molecule has 0 saturated carbocycles. The minimum absolute atomic E-state index is 1.07. The molecule has 0 aliphatic rings. The van der Waals surface area contributed by atoms with Gasteiger partial charge < -0.3 is 9.80 Å². The molecule has 0 aliphatic heterocycles. The molecule has 0 heterocycles. The van der Waals surface area contributed by atoms with Gasteiger partial charge in [0.2, 0.25) is 0 Å². The van der Waals surface area contributed by atoms with E-state index in [-0.39, 0.29) is 0 Å². The van der Waals surface area contributed by atoms with Crippen LogP contribution < -0.4 is 9.80 Å². The molecule has 0 bridgehead atoms. The lowest BCUT2D eigenvalue weighted by atomic mass is 10.2. The van der Waals surface area contributed by atoms with Gasteiger partial charge in [-0.3, -0.25) is 0 Å². The summed E-state index contributed by atoms with van der Waals surface area (Å²) < 4.78 is 0. The van der Waals surface area contributed by atoms with Crippen LogP contribution in [0.15, 0.2) is 60.7 Å². The maximum atomic E-state index is 2.30. The summed E-state index contributed by atoms with van der Waals surface area (Å²) in [6.07, 6.45) is 1.15. The largest absolute Gasteiger partial charge is 0.375 e. The number of para-hydroxylation sites is 2. The number of nitrogens with zero attached hydrogens (tertiary/aromatic N) is 2. The van der Waals surface area contributed by atoms with E-state index in [2.05, 4.69) is 84.6 Å². The third-order valence-electron chi connectivity index (χ3n) is 3.38. The molecule has 100 valence electrons. The normalized spacial score (nSPS) is 10.2. The van der Waals surface area contributed by atoms with Gasteiger partial charge in [-0.2, -0.15) is 0 Å². The zero-order chi connectivity index (χ0) is 13.5. The molecule has 0 aliphatic carbocycles. The molecule has 0 atom stereocenters. The average molecular weight is 254 g/mol. The summed E-state index contributed by atoms with van der Waals surface area (Å²) >= 11 is 0. The maximum absolute atomic E-state index is 2.30. The second kappa shape index (κ2) is 6.83. The predicted molar refractivity (Wildman–Crippen MR) is 84.0 cm³/mol. The molecule has 0 spiro atoms. The fourth-order valence-electron chi connectivity index (χ4n) is 2.17. The molecule has 2 heteroatoms. The Hall–Kier alpha value is -1.96. The standard InChI is InChI=1S/C17H22N2/c1-18(16-10-5-3-6-11-16)14-9-15-19(2)17-12-7-4-8-13-17/h3-8,10-13H,9,14-15H2,1-2H3. The van der Waals surface area contributed by atoms with E-state index < -0.39 is 0 Å².